The zero-order valence-electron chi connectivity index (χ0n) is 19.1. The van der Waals surface area contributed by atoms with Crippen LogP contribution in [0.25, 0.3) is 5.76 Å². The third-order valence-electron chi connectivity index (χ3n) is 5.28. The maximum absolute atomic E-state index is 13.0. The van der Waals surface area contributed by atoms with Crippen molar-refractivity contribution in [3.63, 3.8) is 0 Å². The van der Waals surface area contributed by atoms with Crippen LogP contribution in [0.2, 0.25) is 0 Å². The highest BCUT2D eigenvalue weighted by molar-refractivity contribution is 6.46. The van der Waals surface area contributed by atoms with Crippen molar-refractivity contribution < 1.29 is 19.4 Å². The van der Waals surface area contributed by atoms with Crippen molar-refractivity contribution in [2.75, 3.05) is 33.8 Å². The zero-order chi connectivity index (χ0) is 23.3. The number of amides is 1. The van der Waals surface area contributed by atoms with E-state index in [1.54, 1.807) is 53.7 Å². The Balaban J connectivity index is 1.96. The summed E-state index contributed by atoms with van der Waals surface area (Å²) < 4.78 is 5.70. The van der Waals surface area contributed by atoms with Gasteiger partial charge in [-0.1, -0.05) is 13.8 Å². The van der Waals surface area contributed by atoms with Crippen molar-refractivity contribution in [1.29, 1.82) is 0 Å². The predicted octanol–water partition coefficient (Wildman–Crippen LogP) is 3.49. The van der Waals surface area contributed by atoms with Gasteiger partial charge in [0.1, 0.15) is 11.5 Å². The average molecular weight is 438 g/mol. The summed E-state index contributed by atoms with van der Waals surface area (Å²) in [6, 6.07) is 9.80. The molecule has 1 aromatic heterocycles. The lowest BCUT2D eigenvalue weighted by atomic mass is 9.96. The maximum Gasteiger partial charge on any atom is 0.295 e. The van der Waals surface area contributed by atoms with Crippen LogP contribution in [0, 0.1) is 5.92 Å². The predicted molar refractivity (Wildman–Crippen MR) is 123 cm³/mol. The zero-order valence-corrected chi connectivity index (χ0v) is 19.1. The fraction of sp³-hybridized carbons (Fsp3) is 0.400. The molecule has 2 heterocycles. The van der Waals surface area contributed by atoms with Gasteiger partial charge in [0.05, 0.1) is 18.2 Å². The van der Waals surface area contributed by atoms with Gasteiger partial charge in [-0.05, 0) is 74.9 Å². The van der Waals surface area contributed by atoms with Gasteiger partial charge in [0.15, 0.2) is 0 Å². The fourth-order valence-electron chi connectivity index (χ4n) is 3.69. The number of pyridine rings is 1. The molecule has 7 heteroatoms. The largest absolute Gasteiger partial charge is 0.507 e. The molecule has 1 atom stereocenters. The number of carbonyl (C=O) groups excluding carboxylic acids is 2. The van der Waals surface area contributed by atoms with E-state index in [1.165, 1.54) is 0 Å². The van der Waals surface area contributed by atoms with Gasteiger partial charge in [-0.3, -0.25) is 14.6 Å². The first kappa shape index (κ1) is 23.5. The first-order chi connectivity index (χ1) is 15.3. The fourth-order valence-corrected chi connectivity index (χ4v) is 3.69. The molecule has 0 bridgehead atoms. The van der Waals surface area contributed by atoms with Gasteiger partial charge in [-0.25, -0.2) is 0 Å². The normalized spacial score (nSPS) is 18.1. The number of aromatic nitrogens is 1. The summed E-state index contributed by atoms with van der Waals surface area (Å²) in [6.07, 6.45) is 3.95. The Hall–Kier alpha value is -3.19. The van der Waals surface area contributed by atoms with Crippen LogP contribution in [-0.2, 0) is 9.59 Å². The van der Waals surface area contributed by atoms with Gasteiger partial charge in [0.2, 0.25) is 0 Å². The van der Waals surface area contributed by atoms with Crippen molar-refractivity contribution in [1.82, 2.24) is 14.8 Å². The lowest BCUT2D eigenvalue weighted by Crippen LogP contribution is -2.32. The number of carbonyl (C=O) groups is 2. The molecule has 1 amide bonds. The maximum atomic E-state index is 13.0. The number of Topliss-reactive ketones (excluding diaryl/α,β-unsaturated/α-hetero) is 1. The molecule has 0 unspecified atom stereocenters. The number of rotatable bonds is 9. The molecule has 0 spiro atoms. The van der Waals surface area contributed by atoms with Crippen molar-refractivity contribution in [3.8, 4) is 5.75 Å². The minimum atomic E-state index is -0.672. The van der Waals surface area contributed by atoms with Gasteiger partial charge < -0.3 is 19.6 Å². The number of ether oxygens (including phenoxy) is 1. The molecule has 1 fully saturated rings. The van der Waals surface area contributed by atoms with Crippen molar-refractivity contribution >= 4 is 17.4 Å². The minimum Gasteiger partial charge on any atom is -0.507 e. The summed E-state index contributed by atoms with van der Waals surface area (Å²) in [5.74, 6) is -0.369. The van der Waals surface area contributed by atoms with Crippen LogP contribution in [0.3, 0.4) is 0 Å². The molecular formula is C25H31N3O4. The molecule has 3 rings (SSSR count). The van der Waals surface area contributed by atoms with Gasteiger partial charge in [-0.2, -0.15) is 0 Å². The summed E-state index contributed by atoms with van der Waals surface area (Å²) in [5, 5.41) is 11.1. The first-order valence-corrected chi connectivity index (χ1v) is 10.9. The van der Waals surface area contributed by atoms with Crippen molar-refractivity contribution in [2.45, 2.75) is 26.3 Å². The van der Waals surface area contributed by atoms with Crippen LogP contribution in [0.5, 0.6) is 5.75 Å². The highest BCUT2D eigenvalue weighted by Gasteiger charge is 2.45. The molecule has 0 radical (unpaired) electrons. The van der Waals surface area contributed by atoms with Crippen LogP contribution in [0.15, 0.2) is 54.4 Å². The highest BCUT2D eigenvalue weighted by atomic mass is 16.5. The average Bonchev–Trinajstić information content (AvgIpc) is 3.03. The standard InChI is InChI=1S/C25H31N3O4/c1-17(2)16-32-20-8-6-19(7-9-20)23(29)21-22(18-10-12-26-13-11-18)28(25(31)24(21)30)15-5-14-27(3)4/h6-13,17,22,29H,5,14-16H2,1-4H3/t22-/m0/s1. The van der Waals surface area contributed by atoms with E-state index in [1.807, 2.05) is 19.0 Å². The second-order valence-electron chi connectivity index (χ2n) is 8.66. The van der Waals surface area contributed by atoms with Crippen LogP contribution in [0.4, 0.5) is 0 Å². The molecular weight excluding hydrogens is 406 g/mol. The number of hydrogen-bond donors (Lipinski definition) is 1. The van der Waals surface area contributed by atoms with Gasteiger partial charge >= 0.3 is 0 Å². The molecule has 1 aliphatic heterocycles. The smallest absolute Gasteiger partial charge is 0.295 e. The molecule has 2 aromatic rings. The van der Waals surface area contributed by atoms with E-state index < -0.39 is 17.7 Å². The number of likely N-dealkylation sites (tertiary alicyclic amines) is 1. The Morgan fingerprint density at radius 3 is 2.38 bits per heavy atom. The second kappa shape index (κ2) is 10.4. The Labute approximate surface area is 189 Å². The molecule has 1 aliphatic rings. The topological polar surface area (TPSA) is 83.0 Å². The van der Waals surface area contributed by atoms with E-state index in [4.69, 9.17) is 4.74 Å². The van der Waals surface area contributed by atoms with E-state index in [9.17, 15) is 14.7 Å². The Morgan fingerprint density at radius 2 is 1.78 bits per heavy atom. The summed E-state index contributed by atoms with van der Waals surface area (Å²) in [5.41, 5.74) is 1.30. The van der Waals surface area contributed by atoms with Crippen LogP contribution >= 0.6 is 0 Å². The van der Waals surface area contributed by atoms with E-state index in [2.05, 4.69) is 18.8 Å². The molecule has 0 saturated carbocycles. The number of nitrogens with zero attached hydrogens (tertiary/aromatic N) is 3. The van der Waals surface area contributed by atoms with Crippen LogP contribution < -0.4 is 4.74 Å². The van der Waals surface area contributed by atoms with Gasteiger partial charge in [0.25, 0.3) is 11.7 Å². The molecule has 0 aliphatic carbocycles. The number of benzene rings is 1. The molecule has 32 heavy (non-hydrogen) atoms. The quantitative estimate of drug-likeness (QED) is 0.367. The summed E-state index contributed by atoms with van der Waals surface area (Å²) in [7, 11) is 3.92. The minimum absolute atomic E-state index is 0.0990. The lowest BCUT2D eigenvalue weighted by Gasteiger charge is -2.25. The Kier molecular flexibility index (Phi) is 7.64. The SMILES string of the molecule is CC(C)COc1ccc(C(O)=C2C(=O)C(=O)N(CCCN(C)C)[C@H]2c2ccncc2)cc1. The molecule has 170 valence electrons. The first-order valence-electron chi connectivity index (χ1n) is 10.9. The molecule has 7 nitrogen and oxygen atoms in total. The van der Waals surface area contributed by atoms with Gasteiger partial charge in [0, 0.05) is 24.5 Å². The van der Waals surface area contributed by atoms with E-state index in [0.717, 1.165) is 12.1 Å². The third kappa shape index (κ3) is 5.34. The van der Waals surface area contributed by atoms with Crippen molar-refractivity contribution in [2.24, 2.45) is 5.92 Å². The Bertz CT molecular complexity index is 968. The van der Waals surface area contributed by atoms with Crippen molar-refractivity contribution in [3.05, 3.63) is 65.5 Å². The number of hydrogen-bond acceptors (Lipinski definition) is 6. The lowest BCUT2D eigenvalue weighted by molar-refractivity contribution is -0.139. The Morgan fingerprint density at radius 1 is 1.12 bits per heavy atom. The number of ketones is 1. The molecule has 1 N–H and O–H groups in total. The highest BCUT2D eigenvalue weighted by Crippen LogP contribution is 2.39. The monoisotopic (exact) mass is 437 g/mol. The van der Waals surface area contributed by atoms with E-state index in [-0.39, 0.29) is 11.3 Å². The molecule has 1 aromatic carbocycles. The third-order valence-corrected chi connectivity index (χ3v) is 5.28. The molecule has 1 saturated heterocycles. The van der Waals surface area contributed by atoms with Crippen LogP contribution in [-0.4, -0.2) is 65.4 Å². The van der Waals surface area contributed by atoms with E-state index >= 15 is 0 Å². The second-order valence-corrected chi connectivity index (χ2v) is 8.66. The summed E-state index contributed by atoms with van der Waals surface area (Å²) in [6.45, 7) is 5.91. The van der Waals surface area contributed by atoms with Gasteiger partial charge in [-0.15, -0.1) is 0 Å². The van der Waals surface area contributed by atoms with E-state index in [0.29, 0.717) is 36.8 Å². The summed E-state index contributed by atoms with van der Waals surface area (Å²) in [4.78, 5) is 33.5. The number of aliphatic hydroxyl groups excluding tert-OH is 1. The van der Waals surface area contributed by atoms with Crippen LogP contribution in [0.1, 0.15) is 37.4 Å². The number of aliphatic hydroxyl groups is 1. The summed E-state index contributed by atoms with van der Waals surface area (Å²) >= 11 is 0.